The smallest absolute Gasteiger partial charge is 0.119 e. The van der Waals surface area contributed by atoms with Gasteiger partial charge in [-0.25, -0.2) is 0 Å². The molecule has 0 amide bonds. The molecule has 4 aromatic rings. The van der Waals surface area contributed by atoms with Gasteiger partial charge >= 0.3 is 0 Å². The maximum atomic E-state index is 7.10. The number of ether oxygens (including phenoxy) is 14. The summed E-state index contributed by atoms with van der Waals surface area (Å²) in [5, 5.41) is 0. The van der Waals surface area contributed by atoms with Crippen molar-refractivity contribution in [2.45, 2.75) is 107 Å². The Balaban J connectivity index is 0.967. The van der Waals surface area contributed by atoms with Crippen LogP contribution in [-0.2, 0) is 47.4 Å². The Kier molecular flexibility index (Phi) is 21.6. The largest absolute Gasteiger partial charge is 0.493 e. The van der Waals surface area contributed by atoms with Gasteiger partial charge in [-0.1, -0.05) is 91.8 Å². The van der Waals surface area contributed by atoms with Crippen molar-refractivity contribution in [1.82, 2.24) is 0 Å². The second-order valence-electron chi connectivity index (χ2n) is 27.4. The van der Waals surface area contributed by atoms with Gasteiger partial charge in [-0.3, -0.25) is 0 Å². The fourth-order valence-electron chi connectivity index (χ4n) is 12.1. The molecule has 0 aromatic heterocycles. The fourth-order valence-corrected chi connectivity index (χ4v) is 12.1. The number of hydrogen-bond donors (Lipinski definition) is 0. The van der Waals surface area contributed by atoms with E-state index in [1.165, 1.54) is 0 Å². The van der Waals surface area contributed by atoms with Crippen LogP contribution in [0.1, 0.15) is 107 Å². The third kappa shape index (κ3) is 14.9. The van der Waals surface area contributed by atoms with Gasteiger partial charge in [-0.05, 0) is 133 Å². The summed E-state index contributed by atoms with van der Waals surface area (Å²) >= 11 is 0. The van der Waals surface area contributed by atoms with Crippen molar-refractivity contribution in [3.05, 3.63) is 84.9 Å². The van der Waals surface area contributed by atoms with Crippen LogP contribution >= 0.6 is 0 Å². The summed E-state index contributed by atoms with van der Waals surface area (Å²) in [5.74, 6) is 3.17. The first kappa shape index (κ1) is 64.7. The molecule has 14 nitrogen and oxygen atoms in total. The van der Waals surface area contributed by atoms with Crippen molar-refractivity contribution in [2.24, 2.45) is 43.3 Å². The molecule has 6 saturated heterocycles. The minimum absolute atomic E-state index is 0.00629. The lowest BCUT2D eigenvalue weighted by molar-refractivity contribution is -0.174. The molecule has 10 rings (SSSR count). The summed E-state index contributed by atoms with van der Waals surface area (Å²) in [6.45, 7) is 33.2. The Bertz CT molecular complexity index is 2650. The summed E-state index contributed by atoms with van der Waals surface area (Å²) in [6, 6.07) is 30.1. The summed E-state index contributed by atoms with van der Waals surface area (Å²) in [5.41, 5.74) is 5.76. The molecule has 86 heavy (non-hydrogen) atoms. The van der Waals surface area contributed by atoms with Crippen molar-refractivity contribution in [3.63, 3.8) is 0 Å². The van der Waals surface area contributed by atoms with Crippen molar-refractivity contribution < 1.29 is 66.3 Å². The van der Waals surface area contributed by atoms with Gasteiger partial charge in [0.25, 0.3) is 0 Å². The van der Waals surface area contributed by atoms with Crippen LogP contribution in [0.25, 0.3) is 33.4 Å². The van der Waals surface area contributed by atoms with E-state index in [9.17, 15) is 0 Å². The van der Waals surface area contributed by atoms with Crippen LogP contribution in [-0.4, -0.2) is 159 Å². The molecule has 4 aromatic carbocycles. The summed E-state index contributed by atoms with van der Waals surface area (Å²) < 4.78 is 87.7. The quantitative estimate of drug-likeness (QED) is 0.0420. The van der Waals surface area contributed by atoms with E-state index in [4.69, 9.17) is 66.3 Å². The average Bonchev–Trinajstić information content (AvgIpc) is 1.61. The van der Waals surface area contributed by atoms with Gasteiger partial charge < -0.3 is 66.3 Å². The molecular weight excluding hydrogens is 1090 g/mol. The van der Waals surface area contributed by atoms with E-state index >= 15 is 0 Å². The molecule has 0 N–H and O–H groups in total. The van der Waals surface area contributed by atoms with Crippen molar-refractivity contribution in [2.75, 3.05) is 159 Å². The molecule has 0 radical (unpaired) electrons. The lowest BCUT2D eigenvalue weighted by atomic mass is 9.83. The number of benzene rings is 4. The van der Waals surface area contributed by atoms with Crippen LogP contribution < -0.4 is 18.9 Å². The zero-order chi connectivity index (χ0) is 60.2. The van der Waals surface area contributed by atoms with Crippen LogP contribution in [0.5, 0.6) is 23.0 Å². The summed E-state index contributed by atoms with van der Waals surface area (Å²) in [6.07, 6.45) is 7.69. The van der Waals surface area contributed by atoms with Gasteiger partial charge in [0.1, 0.15) is 23.0 Å². The van der Waals surface area contributed by atoms with E-state index < -0.39 is 5.41 Å². The maximum Gasteiger partial charge on any atom is 0.119 e. The van der Waals surface area contributed by atoms with Gasteiger partial charge in [-0.15, -0.1) is 0 Å². The van der Waals surface area contributed by atoms with Gasteiger partial charge in [-0.2, -0.15) is 0 Å². The predicted octanol–water partition coefficient (Wildman–Crippen LogP) is 13.6. The Morgan fingerprint density at radius 3 is 0.826 bits per heavy atom. The zero-order valence-electron chi connectivity index (χ0n) is 53.4. The third-order valence-corrected chi connectivity index (χ3v) is 20.9. The highest BCUT2D eigenvalue weighted by molar-refractivity contribution is 5.93. The zero-order valence-corrected chi connectivity index (χ0v) is 53.4. The highest BCUT2D eigenvalue weighted by atomic mass is 16.6. The lowest BCUT2D eigenvalue weighted by Gasteiger charge is -2.43. The van der Waals surface area contributed by atoms with Gasteiger partial charge in [0.15, 0.2) is 0 Å². The fraction of sp³-hybridized carbons (Fsp3) is 0.667. The summed E-state index contributed by atoms with van der Waals surface area (Å²) in [7, 11) is 0. The van der Waals surface area contributed by atoms with Gasteiger partial charge in [0.05, 0.1) is 180 Å². The van der Waals surface area contributed by atoms with Crippen LogP contribution in [0.4, 0.5) is 0 Å². The molecule has 6 fully saturated rings. The predicted molar refractivity (Wildman–Crippen MR) is 335 cm³/mol. The standard InChI is InChI=1S/C72H102O14/c1-9-65(31-73-32-65)39-77-43-69(13-5,44-78-40-66(10-2)33-74-34-66)51-83-57-21-17-55(18-22-57)61-27-25-59(85-53-71(15-7,47-79-41-67(11-3)35-75-36-67)48-80-42-68(12-4)37-76-38-68)29-63(61)64-30-60(86-54-72(16-8)49-82-50-72)26-28-62(64)56-19-23-58(24-20-56)84-52-70(14-6)45-81-46-70/h17-30H,9-16,31-54H2,1-8H3. The van der Waals surface area contributed by atoms with Crippen LogP contribution in [0.3, 0.4) is 0 Å². The summed E-state index contributed by atoms with van der Waals surface area (Å²) in [4.78, 5) is 0. The Labute approximate surface area is 514 Å². The first-order chi connectivity index (χ1) is 41.8. The molecule has 0 bridgehead atoms. The molecule has 0 atom stereocenters. The van der Waals surface area contributed by atoms with E-state index in [0.29, 0.717) is 92.5 Å². The van der Waals surface area contributed by atoms with Crippen LogP contribution in [0, 0.1) is 43.3 Å². The Hall–Kier alpha value is -4.32. The number of rotatable bonds is 39. The molecule has 6 aliphatic rings. The molecule has 0 spiro atoms. The van der Waals surface area contributed by atoms with E-state index in [0.717, 1.165) is 174 Å². The van der Waals surface area contributed by atoms with Crippen LogP contribution in [0.15, 0.2) is 84.9 Å². The average molecular weight is 1190 g/mol. The van der Waals surface area contributed by atoms with Crippen molar-refractivity contribution in [1.29, 1.82) is 0 Å². The second-order valence-corrected chi connectivity index (χ2v) is 27.4. The van der Waals surface area contributed by atoms with E-state index in [2.05, 4.69) is 140 Å². The molecule has 474 valence electrons. The van der Waals surface area contributed by atoms with Gasteiger partial charge in [0, 0.05) is 21.7 Å². The van der Waals surface area contributed by atoms with Gasteiger partial charge in [0.2, 0.25) is 0 Å². The normalized spacial score (nSPS) is 20.2. The number of hydrogen-bond acceptors (Lipinski definition) is 14. The van der Waals surface area contributed by atoms with Crippen molar-refractivity contribution in [3.8, 4) is 56.4 Å². The van der Waals surface area contributed by atoms with E-state index in [-0.39, 0.29) is 37.9 Å². The molecule has 6 aliphatic heterocycles. The highest BCUT2D eigenvalue weighted by Gasteiger charge is 2.44. The second kappa shape index (κ2) is 28.7. The molecular formula is C72H102O14. The molecule has 0 saturated carbocycles. The minimum atomic E-state index is -0.417. The van der Waals surface area contributed by atoms with E-state index in [1.54, 1.807) is 0 Å². The van der Waals surface area contributed by atoms with Crippen molar-refractivity contribution >= 4 is 0 Å². The first-order valence-corrected chi connectivity index (χ1v) is 32.6. The minimum Gasteiger partial charge on any atom is -0.493 e. The van der Waals surface area contributed by atoms with E-state index in [1.807, 2.05) is 0 Å². The Morgan fingerprint density at radius 2 is 0.547 bits per heavy atom. The maximum absolute atomic E-state index is 7.10. The molecule has 6 heterocycles. The molecule has 14 heteroatoms. The SMILES string of the molecule is CCC1(COCC(CC)(COCC2(CC)COC2)COc2ccc(-c3ccc(OCC(CC)(COCC4(CC)COC4)COCC4(CC)COC4)cc3-c3cc(OCC4(CC)COC4)ccc3-c3ccc(OCC4(CC)COC4)cc3)cc2)COC1. The molecule has 0 aliphatic carbocycles. The molecule has 0 unspecified atom stereocenters. The Morgan fingerprint density at radius 1 is 0.291 bits per heavy atom. The first-order valence-electron chi connectivity index (χ1n) is 32.6. The monoisotopic (exact) mass is 1190 g/mol. The topological polar surface area (TPSA) is 129 Å². The highest BCUT2D eigenvalue weighted by Crippen LogP contribution is 2.45. The van der Waals surface area contributed by atoms with Crippen LogP contribution in [0.2, 0.25) is 0 Å². The third-order valence-electron chi connectivity index (χ3n) is 20.9. The lowest BCUT2D eigenvalue weighted by Crippen LogP contribution is -2.48.